The summed E-state index contributed by atoms with van der Waals surface area (Å²) in [7, 11) is 0. The van der Waals surface area contributed by atoms with Crippen LogP contribution < -0.4 is 16.4 Å². The molecule has 2 amide bonds. The molecule has 110 valence electrons. The molecule has 0 bridgehead atoms. The molecule has 0 aliphatic heterocycles. The second kappa shape index (κ2) is 6.67. The number of furan rings is 1. The lowest BCUT2D eigenvalue weighted by Gasteiger charge is -2.11. The van der Waals surface area contributed by atoms with E-state index in [1.54, 1.807) is 6.07 Å². The van der Waals surface area contributed by atoms with Crippen molar-refractivity contribution >= 4 is 23.2 Å². The number of anilines is 2. The van der Waals surface area contributed by atoms with Gasteiger partial charge in [-0.25, -0.2) is 4.39 Å². The number of hydrogen-bond acceptors (Lipinski definition) is 4. The van der Waals surface area contributed by atoms with Crippen LogP contribution in [0, 0.1) is 5.82 Å². The van der Waals surface area contributed by atoms with Gasteiger partial charge in [0, 0.05) is 13.0 Å². The fourth-order valence-corrected chi connectivity index (χ4v) is 1.66. The maximum atomic E-state index is 13.3. The van der Waals surface area contributed by atoms with Crippen LogP contribution in [0.25, 0.3) is 0 Å². The number of hydrogen-bond donors (Lipinski definition) is 3. The highest BCUT2D eigenvalue weighted by molar-refractivity contribution is 6.05. The Labute approximate surface area is 120 Å². The van der Waals surface area contributed by atoms with Gasteiger partial charge in [0.2, 0.25) is 5.91 Å². The topological polar surface area (TPSA) is 97.4 Å². The number of carbonyl (C=O) groups is 2. The summed E-state index contributed by atoms with van der Waals surface area (Å²) in [5.74, 6) is -1.29. The largest absolute Gasteiger partial charge is 0.459 e. The lowest BCUT2D eigenvalue weighted by atomic mass is 10.2. The van der Waals surface area contributed by atoms with Crippen molar-refractivity contribution in [3.63, 3.8) is 0 Å². The fourth-order valence-electron chi connectivity index (χ4n) is 1.66. The van der Waals surface area contributed by atoms with Crippen LogP contribution in [-0.4, -0.2) is 18.4 Å². The van der Waals surface area contributed by atoms with Gasteiger partial charge in [-0.3, -0.25) is 9.59 Å². The number of rotatable bonds is 5. The minimum atomic E-state index is -0.533. The van der Waals surface area contributed by atoms with Crippen LogP contribution in [0.3, 0.4) is 0 Å². The summed E-state index contributed by atoms with van der Waals surface area (Å²) in [4.78, 5) is 23.4. The molecule has 4 N–H and O–H groups in total. The Bertz CT molecular complexity index is 641. The van der Waals surface area contributed by atoms with Crippen molar-refractivity contribution in [3.05, 3.63) is 48.2 Å². The van der Waals surface area contributed by atoms with E-state index < -0.39 is 11.7 Å². The van der Waals surface area contributed by atoms with Gasteiger partial charge in [-0.15, -0.1) is 0 Å². The van der Waals surface area contributed by atoms with Crippen LogP contribution in [0.1, 0.15) is 17.0 Å². The number of nitrogens with two attached hydrogens (primary N) is 1. The summed E-state index contributed by atoms with van der Waals surface area (Å²) in [6.07, 6.45) is 1.46. The third-order valence-corrected chi connectivity index (χ3v) is 2.62. The van der Waals surface area contributed by atoms with Crippen molar-refractivity contribution in [2.45, 2.75) is 6.42 Å². The van der Waals surface area contributed by atoms with Gasteiger partial charge in [0.25, 0.3) is 5.91 Å². The van der Waals surface area contributed by atoms with Gasteiger partial charge in [0.1, 0.15) is 5.82 Å². The van der Waals surface area contributed by atoms with Crippen molar-refractivity contribution in [2.24, 2.45) is 5.73 Å². The van der Waals surface area contributed by atoms with E-state index in [1.165, 1.54) is 24.5 Å². The smallest absolute Gasteiger partial charge is 0.291 e. The van der Waals surface area contributed by atoms with Crippen LogP contribution >= 0.6 is 0 Å². The zero-order valence-corrected chi connectivity index (χ0v) is 11.1. The van der Waals surface area contributed by atoms with Gasteiger partial charge in [0.15, 0.2) is 5.76 Å². The van der Waals surface area contributed by atoms with Gasteiger partial charge in [-0.2, -0.15) is 0 Å². The van der Waals surface area contributed by atoms with Crippen LogP contribution in [0.2, 0.25) is 0 Å². The molecule has 0 radical (unpaired) electrons. The Morgan fingerprint density at radius 3 is 2.67 bits per heavy atom. The fraction of sp³-hybridized carbons (Fsp3) is 0.143. The van der Waals surface area contributed by atoms with E-state index >= 15 is 0 Å². The summed E-state index contributed by atoms with van der Waals surface area (Å²) in [5, 5.41) is 5.04. The average molecular weight is 291 g/mol. The Kier molecular flexibility index (Phi) is 4.68. The number of nitrogens with one attached hydrogen (secondary N) is 2. The highest BCUT2D eigenvalue weighted by Crippen LogP contribution is 2.23. The van der Waals surface area contributed by atoms with E-state index in [4.69, 9.17) is 10.2 Å². The third-order valence-electron chi connectivity index (χ3n) is 2.62. The average Bonchev–Trinajstić information content (AvgIpc) is 2.96. The lowest BCUT2D eigenvalue weighted by molar-refractivity contribution is -0.116. The third kappa shape index (κ3) is 3.90. The molecule has 2 rings (SSSR count). The molecule has 0 spiro atoms. The molecule has 1 aromatic carbocycles. The molecule has 6 nitrogen and oxygen atoms in total. The zero-order chi connectivity index (χ0) is 15.2. The highest BCUT2D eigenvalue weighted by Gasteiger charge is 2.13. The Balaban J connectivity index is 2.18. The predicted molar refractivity (Wildman–Crippen MR) is 75.4 cm³/mol. The highest BCUT2D eigenvalue weighted by atomic mass is 19.1. The number of carbonyl (C=O) groups excluding carboxylic acids is 2. The molecule has 0 fully saturated rings. The van der Waals surface area contributed by atoms with Crippen LogP contribution in [0.4, 0.5) is 15.8 Å². The maximum absolute atomic E-state index is 13.3. The van der Waals surface area contributed by atoms with Crippen molar-refractivity contribution < 1.29 is 18.4 Å². The van der Waals surface area contributed by atoms with E-state index in [2.05, 4.69) is 10.6 Å². The first-order valence-electron chi connectivity index (χ1n) is 6.24. The predicted octanol–water partition coefficient (Wildman–Crippen LogP) is 1.96. The van der Waals surface area contributed by atoms with E-state index in [-0.39, 0.29) is 36.0 Å². The van der Waals surface area contributed by atoms with Gasteiger partial charge in [-0.05, 0) is 30.3 Å². The van der Waals surface area contributed by atoms with Gasteiger partial charge in [0.05, 0.1) is 17.6 Å². The second-order valence-corrected chi connectivity index (χ2v) is 4.21. The van der Waals surface area contributed by atoms with Gasteiger partial charge < -0.3 is 20.8 Å². The first-order valence-corrected chi connectivity index (χ1v) is 6.24. The number of amides is 2. The van der Waals surface area contributed by atoms with Gasteiger partial charge >= 0.3 is 0 Å². The summed E-state index contributed by atoms with van der Waals surface area (Å²) in [6, 6.07) is 6.71. The van der Waals surface area contributed by atoms with Crippen LogP contribution in [0.15, 0.2) is 41.0 Å². The monoisotopic (exact) mass is 291 g/mol. The molecular weight excluding hydrogens is 277 g/mol. The molecule has 1 aromatic heterocycles. The molecule has 1 heterocycles. The molecule has 7 heteroatoms. The second-order valence-electron chi connectivity index (χ2n) is 4.21. The minimum absolute atomic E-state index is 0.0993. The normalized spacial score (nSPS) is 10.2. The Hall–Kier alpha value is -2.67. The molecule has 0 unspecified atom stereocenters. The van der Waals surface area contributed by atoms with Crippen molar-refractivity contribution in [1.82, 2.24) is 0 Å². The number of benzene rings is 1. The van der Waals surface area contributed by atoms with E-state index in [0.717, 1.165) is 6.07 Å². The SMILES string of the molecule is NCCC(=O)Nc1cc(F)ccc1NC(=O)c1ccco1. The molecule has 0 atom stereocenters. The minimum Gasteiger partial charge on any atom is -0.459 e. The van der Waals surface area contributed by atoms with Crippen molar-refractivity contribution in [3.8, 4) is 0 Å². The summed E-state index contributed by atoms with van der Waals surface area (Å²) in [5.41, 5.74) is 5.71. The standard InChI is InChI=1S/C14H14FN3O3/c15-9-3-4-10(11(8-9)17-13(19)5-6-16)18-14(20)12-2-1-7-21-12/h1-4,7-8H,5-6,16H2,(H,17,19)(H,18,20). The summed E-state index contributed by atoms with van der Waals surface area (Å²) < 4.78 is 18.2. The summed E-state index contributed by atoms with van der Waals surface area (Å²) >= 11 is 0. The van der Waals surface area contributed by atoms with Crippen molar-refractivity contribution in [1.29, 1.82) is 0 Å². The first-order chi connectivity index (χ1) is 10.1. The molecule has 2 aromatic rings. The molecular formula is C14H14FN3O3. The molecule has 0 aliphatic rings. The number of halogens is 1. The maximum Gasteiger partial charge on any atom is 0.291 e. The molecule has 0 saturated carbocycles. The van der Waals surface area contributed by atoms with Crippen LogP contribution in [-0.2, 0) is 4.79 Å². The Morgan fingerprint density at radius 2 is 2.00 bits per heavy atom. The molecule has 21 heavy (non-hydrogen) atoms. The quantitative estimate of drug-likeness (QED) is 0.784. The van der Waals surface area contributed by atoms with Crippen LogP contribution in [0.5, 0.6) is 0 Å². The first kappa shape index (κ1) is 14.7. The van der Waals surface area contributed by atoms with E-state index in [9.17, 15) is 14.0 Å². The van der Waals surface area contributed by atoms with Crippen molar-refractivity contribution in [2.75, 3.05) is 17.2 Å². The Morgan fingerprint density at radius 1 is 1.19 bits per heavy atom. The summed E-state index contributed by atoms with van der Waals surface area (Å²) in [6.45, 7) is 0.176. The molecule has 0 saturated heterocycles. The zero-order valence-electron chi connectivity index (χ0n) is 11.1. The van der Waals surface area contributed by atoms with Gasteiger partial charge in [-0.1, -0.05) is 0 Å². The molecule has 0 aliphatic carbocycles. The lowest BCUT2D eigenvalue weighted by Crippen LogP contribution is -2.18. The van der Waals surface area contributed by atoms with E-state index in [0.29, 0.717) is 0 Å². The van der Waals surface area contributed by atoms with E-state index in [1.807, 2.05) is 0 Å².